The highest BCUT2D eigenvalue weighted by Gasteiger charge is 2.05. The van der Waals surface area contributed by atoms with Gasteiger partial charge in [0, 0.05) is 16.5 Å². The minimum absolute atomic E-state index is 0.759. The lowest BCUT2D eigenvalue weighted by Crippen LogP contribution is -1.85. The van der Waals surface area contributed by atoms with Crippen molar-refractivity contribution in [1.29, 1.82) is 0 Å². The molecule has 0 aliphatic carbocycles. The Labute approximate surface area is 92.3 Å². The van der Waals surface area contributed by atoms with Gasteiger partial charge >= 0.3 is 0 Å². The van der Waals surface area contributed by atoms with Gasteiger partial charge in [-0.3, -0.25) is 5.10 Å². The van der Waals surface area contributed by atoms with Crippen LogP contribution in [0.25, 0.3) is 21.9 Å². The van der Waals surface area contributed by atoms with Crippen LogP contribution in [0.15, 0.2) is 24.3 Å². The Bertz CT molecular complexity index is 672. The molecule has 2 heterocycles. The van der Waals surface area contributed by atoms with Crippen LogP contribution >= 0.6 is 0 Å². The molecule has 0 saturated carbocycles. The van der Waals surface area contributed by atoms with Gasteiger partial charge in [-0.2, -0.15) is 5.10 Å². The summed E-state index contributed by atoms with van der Waals surface area (Å²) in [5.41, 5.74) is 2.72. The van der Waals surface area contributed by atoms with E-state index in [9.17, 15) is 0 Å². The average molecular weight is 213 g/mol. The smallest absolute Gasteiger partial charge is 0.181 e. The Morgan fingerprint density at radius 2 is 2.12 bits per heavy atom. The number of aromatic amines is 1. The molecule has 80 valence electrons. The fourth-order valence-electron chi connectivity index (χ4n) is 1.83. The normalized spacial score (nSPS) is 11.1. The second-order valence-corrected chi connectivity index (χ2v) is 3.77. The van der Waals surface area contributed by atoms with Crippen molar-refractivity contribution in [3.05, 3.63) is 30.0 Å². The maximum Gasteiger partial charge on any atom is 0.181 e. The molecule has 0 atom stereocenters. The number of methoxy groups -OCH3 is 1. The van der Waals surface area contributed by atoms with E-state index >= 15 is 0 Å². The first-order valence-corrected chi connectivity index (χ1v) is 5.07. The van der Waals surface area contributed by atoms with Crippen molar-refractivity contribution < 1.29 is 4.74 Å². The summed E-state index contributed by atoms with van der Waals surface area (Å²) in [6.45, 7) is 1.99. The Morgan fingerprint density at radius 3 is 2.94 bits per heavy atom. The zero-order valence-corrected chi connectivity index (χ0v) is 9.11. The number of pyridine rings is 1. The number of hydrogen-bond donors (Lipinski definition) is 1. The van der Waals surface area contributed by atoms with Gasteiger partial charge in [-0.15, -0.1) is 0 Å². The lowest BCUT2D eigenvalue weighted by atomic mass is 10.1. The van der Waals surface area contributed by atoms with Crippen LogP contribution in [0.4, 0.5) is 0 Å². The Balaban J connectivity index is 2.39. The number of nitrogens with one attached hydrogen (secondary N) is 1. The number of H-pyrrole nitrogens is 1. The molecule has 1 N–H and O–H groups in total. The minimum atomic E-state index is 0.759. The third-order valence-electron chi connectivity index (χ3n) is 2.74. The molecule has 16 heavy (non-hydrogen) atoms. The van der Waals surface area contributed by atoms with Crippen LogP contribution in [0.3, 0.4) is 0 Å². The SMILES string of the molecule is COc1ccc2nc3n[nH]c(C)c3cc2c1. The van der Waals surface area contributed by atoms with Crippen molar-refractivity contribution >= 4 is 21.9 Å². The molecule has 0 aliphatic heterocycles. The fourth-order valence-corrected chi connectivity index (χ4v) is 1.83. The molecular formula is C12H11N3O. The first-order valence-electron chi connectivity index (χ1n) is 5.07. The molecule has 0 unspecified atom stereocenters. The number of rotatable bonds is 1. The minimum Gasteiger partial charge on any atom is -0.497 e. The van der Waals surface area contributed by atoms with Gasteiger partial charge in [-0.25, -0.2) is 4.98 Å². The van der Waals surface area contributed by atoms with Crippen LogP contribution < -0.4 is 4.74 Å². The van der Waals surface area contributed by atoms with E-state index in [-0.39, 0.29) is 0 Å². The summed E-state index contributed by atoms with van der Waals surface area (Å²) in [7, 11) is 1.66. The van der Waals surface area contributed by atoms with Crippen LogP contribution in [0.5, 0.6) is 5.75 Å². The van der Waals surface area contributed by atoms with Crippen molar-refractivity contribution in [3.63, 3.8) is 0 Å². The molecule has 4 nitrogen and oxygen atoms in total. The number of nitrogens with zero attached hydrogens (tertiary/aromatic N) is 2. The predicted octanol–water partition coefficient (Wildman–Crippen LogP) is 2.43. The van der Waals surface area contributed by atoms with Crippen molar-refractivity contribution in [3.8, 4) is 5.75 Å². The fraction of sp³-hybridized carbons (Fsp3) is 0.167. The zero-order valence-electron chi connectivity index (χ0n) is 9.11. The second-order valence-electron chi connectivity index (χ2n) is 3.77. The Morgan fingerprint density at radius 1 is 1.25 bits per heavy atom. The zero-order chi connectivity index (χ0) is 11.1. The van der Waals surface area contributed by atoms with E-state index in [0.717, 1.165) is 33.4 Å². The standard InChI is InChI=1S/C12H11N3O/c1-7-10-6-8-5-9(16-2)3-4-11(8)13-12(10)15-14-7/h3-6H,1-2H3,(H,13,14,15). The van der Waals surface area contributed by atoms with E-state index in [0.29, 0.717) is 0 Å². The van der Waals surface area contributed by atoms with E-state index in [2.05, 4.69) is 21.2 Å². The van der Waals surface area contributed by atoms with E-state index in [1.54, 1.807) is 7.11 Å². The number of aromatic nitrogens is 3. The molecular weight excluding hydrogens is 202 g/mol. The highest BCUT2D eigenvalue weighted by molar-refractivity contribution is 5.92. The predicted molar refractivity (Wildman–Crippen MR) is 62.7 cm³/mol. The molecule has 0 fully saturated rings. The van der Waals surface area contributed by atoms with Crippen LogP contribution in [0.1, 0.15) is 5.69 Å². The quantitative estimate of drug-likeness (QED) is 0.675. The number of hydrogen-bond acceptors (Lipinski definition) is 3. The van der Waals surface area contributed by atoms with Crippen LogP contribution in [0.2, 0.25) is 0 Å². The summed E-state index contributed by atoms with van der Waals surface area (Å²) in [5, 5.41) is 9.20. The summed E-state index contributed by atoms with van der Waals surface area (Å²) in [4.78, 5) is 4.48. The molecule has 0 spiro atoms. The molecule has 3 aromatic rings. The van der Waals surface area contributed by atoms with Gasteiger partial charge in [-0.1, -0.05) is 0 Å². The molecule has 2 aromatic heterocycles. The van der Waals surface area contributed by atoms with Gasteiger partial charge in [0.05, 0.1) is 12.6 Å². The lowest BCUT2D eigenvalue weighted by molar-refractivity contribution is 0.415. The lowest BCUT2D eigenvalue weighted by Gasteiger charge is -2.01. The number of benzene rings is 1. The van der Waals surface area contributed by atoms with Gasteiger partial charge < -0.3 is 4.74 Å². The van der Waals surface area contributed by atoms with E-state index < -0.39 is 0 Å². The molecule has 0 radical (unpaired) electrons. The molecule has 0 bridgehead atoms. The van der Waals surface area contributed by atoms with Crippen molar-refractivity contribution in [1.82, 2.24) is 15.2 Å². The first-order chi connectivity index (χ1) is 7.78. The van der Waals surface area contributed by atoms with E-state index in [4.69, 9.17) is 4.74 Å². The van der Waals surface area contributed by atoms with Crippen LogP contribution in [-0.2, 0) is 0 Å². The Hall–Kier alpha value is -2.10. The van der Waals surface area contributed by atoms with Crippen LogP contribution in [0, 0.1) is 6.92 Å². The summed E-state index contributed by atoms with van der Waals surface area (Å²) in [5.74, 6) is 0.842. The van der Waals surface area contributed by atoms with Gasteiger partial charge in [0.15, 0.2) is 5.65 Å². The molecule has 0 saturated heterocycles. The first kappa shape index (κ1) is 9.15. The van der Waals surface area contributed by atoms with Gasteiger partial charge in [0.1, 0.15) is 5.75 Å². The van der Waals surface area contributed by atoms with Gasteiger partial charge in [0.25, 0.3) is 0 Å². The highest BCUT2D eigenvalue weighted by Crippen LogP contribution is 2.23. The molecule has 1 aromatic carbocycles. The highest BCUT2D eigenvalue weighted by atomic mass is 16.5. The van der Waals surface area contributed by atoms with Crippen molar-refractivity contribution in [2.24, 2.45) is 0 Å². The number of aryl methyl sites for hydroxylation is 1. The topological polar surface area (TPSA) is 50.8 Å². The molecule has 4 heteroatoms. The Kier molecular flexibility index (Phi) is 1.83. The second kappa shape index (κ2) is 3.20. The largest absolute Gasteiger partial charge is 0.497 e. The maximum absolute atomic E-state index is 5.19. The third-order valence-corrected chi connectivity index (χ3v) is 2.74. The molecule has 0 aliphatic rings. The van der Waals surface area contributed by atoms with Crippen molar-refractivity contribution in [2.45, 2.75) is 6.92 Å². The van der Waals surface area contributed by atoms with Gasteiger partial charge in [0.2, 0.25) is 0 Å². The molecule has 0 amide bonds. The summed E-state index contributed by atoms with van der Waals surface area (Å²) in [6.07, 6.45) is 0. The van der Waals surface area contributed by atoms with Crippen LogP contribution in [-0.4, -0.2) is 22.3 Å². The summed E-state index contributed by atoms with van der Waals surface area (Å²) >= 11 is 0. The number of fused-ring (bicyclic) bond motifs is 2. The van der Waals surface area contributed by atoms with E-state index in [1.807, 2.05) is 25.1 Å². The van der Waals surface area contributed by atoms with Crippen molar-refractivity contribution in [2.75, 3.05) is 7.11 Å². The average Bonchev–Trinajstić information content (AvgIpc) is 2.67. The number of ether oxygens (including phenoxy) is 1. The monoisotopic (exact) mass is 213 g/mol. The maximum atomic E-state index is 5.19. The van der Waals surface area contributed by atoms with E-state index in [1.165, 1.54) is 0 Å². The summed E-state index contributed by atoms with van der Waals surface area (Å²) < 4.78 is 5.19. The third kappa shape index (κ3) is 1.23. The summed E-state index contributed by atoms with van der Waals surface area (Å²) in [6, 6.07) is 7.91. The van der Waals surface area contributed by atoms with Gasteiger partial charge in [-0.05, 0) is 31.2 Å². The molecule has 3 rings (SSSR count).